The molecule has 0 unspecified atom stereocenters. The fraction of sp³-hybridized carbons (Fsp3) is 0. The Bertz CT molecular complexity index is 411. The SMILES string of the molecule is N=C(N)N=Nc1ccc(NC(=S)NN)cc1. The molecule has 0 spiro atoms. The van der Waals surface area contributed by atoms with E-state index < -0.39 is 0 Å². The van der Waals surface area contributed by atoms with Crippen molar-refractivity contribution in [3.63, 3.8) is 0 Å². The molecular formula is C8H11N7S. The van der Waals surface area contributed by atoms with Crippen LogP contribution in [0.2, 0.25) is 0 Å². The Morgan fingerprint density at radius 1 is 1.31 bits per heavy atom. The van der Waals surface area contributed by atoms with Crippen LogP contribution in [0.5, 0.6) is 0 Å². The largest absolute Gasteiger partial charge is 0.367 e. The molecule has 0 bridgehead atoms. The second-order valence-corrected chi connectivity index (χ2v) is 3.14. The van der Waals surface area contributed by atoms with Crippen molar-refractivity contribution in [3.8, 4) is 0 Å². The topological polar surface area (TPSA) is 125 Å². The van der Waals surface area contributed by atoms with Gasteiger partial charge in [0.25, 0.3) is 0 Å². The lowest BCUT2D eigenvalue weighted by atomic mass is 10.3. The third kappa shape index (κ3) is 3.98. The lowest BCUT2D eigenvalue weighted by molar-refractivity contribution is 1.04. The van der Waals surface area contributed by atoms with Crippen LogP contribution in [-0.4, -0.2) is 11.1 Å². The highest BCUT2D eigenvalue weighted by Gasteiger charge is 1.95. The number of anilines is 1. The fourth-order valence-corrected chi connectivity index (χ4v) is 1.01. The molecule has 0 fully saturated rings. The van der Waals surface area contributed by atoms with E-state index in [0.29, 0.717) is 10.8 Å². The van der Waals surface area contributed by atoms with Crippen molar-refractivity contribution in [1.29, 1.82) is 5.41 Å². The Morgan fingerprint density at radius 2 is 1.94 bits per heavy atom. The zero-order valence-corrected chi connectivity index (χ0v) is 9.08. The predicted molar refractivity (Wildman–Crippen MR) is 66.4 cm³/mol. The van der Waals surface area contributed by atoms with Crippen molar-refractivity contribution in [3.05, 3.63) is 24.3 Å². The van der Waals surface area contributed by atoms with Gasteiger partial charge >= 0.3 is 0 Å². The van der Waals surface area contributed by atoms with Crippen molar-refractivity contribution in [2.75, 3.05) is 5.32 Å². The van der Waals surface area contributed by atoms with E-state index in [1.807, 2.05) is 0 Å². The number of nitrogens with one attached hydrogen (secondary N) is 3. The first kappa shape index (κ1) is 12.0. The van der Waals surface area contributed by atoms with Gasteiger partial charge in [-0.15, -0.1) is 10.2 Å². The van der Waals surface area contributed by atoms with E-state index in [4.69, 9.17) is 29.2 Å². The zero-order chi connectivity index (χ0) is 12.0. The lowest BCUT2D eigenvalue weighted by Crippen LogP contribution is -2.34. The first-order valence-electron chi connectivity index (χ1n) is 4.25. The minimum absolute atomic E-state index is 0.318. The Labute approximate surface area is 97.4 Å². The molecule has 0 saturated carbocycles. The third-order valence-electron chi connectivity index (χ3n) is 1.53. The first-order chi connectivity index (χ1) is 7.61. The Morgan fingerprint density at radius 3 is 2.44 bits per heavy atom. The second-order valence-electron chi connectivity index (χ2n) is 2.73. The number of nitrogens with two attached hydrogens (primary N) is 2. The summed E-state index contributed by atoms with van der Waals surface area (Å²) in [5, 5.41) is 17.2. The van der Waals surface area contributed by atoms with E-state index in [9.17, 15) is 0 Å². The summed E-state index contributed by atoms with van der Waals surface area (Å²) >= 11 is 4.82. The van der Waals surface area contributed by atoms with Crippen LogP contribution in [0.1, 0.15) is 0 Å². The molecule has 0 heterocycles. The first-order valence-corrected chi connectivity index (χ1v) is 4.66. The molecule has 8 heteroatoms. The van der Waals surface area contributed by atoms with Crippen LogP contribution in [0.15, 0.2) is 34.5 Å². The van der Waals surface area contributed by atoms with Gasteiger partial charge in [-0.05, 0) is 36.5 Å². The van der Waals surface area contributed by atoms with Gasteiger partial charge in [0, 0.05) is 5.69 Å². The van der Waals surface area contributed by atoms with E-state index >= 15 is 0 Å². The number of azo groups is 1. The molecule has 0 amide bonds. The number of thiocarbonyl (C=S) groups is 1. The van der Waals surface area contributed by atoms with Gasteiger partial charge in [-0.3, -0.25) is 5.41 Å². The normalized spacial score (nSPS) is 10.1. The van der Waals surface area contributed by atoms with Gasteiger partial charge in [0.15, 0.2) is 5.11 Å². The van der Waals surface area contributed by atoms with Crippen LogP contribution in [0.3, 0.4) is 0 Å². The Balaban J connectivity index is 2.68. The van der Waals surface area contributed by atoms with Gasteiger partial charge in [0.05, 0.1) is 5.69 Å². The monoisotopic (exact) mass is 237 g/mol. The second kappa shape index (κ2) is 5.73. The maximum absolute atomic E-state index is 6.87. The van der Waals surface area contributed by atoms with E-state index in [0.717, 1.165) is 5.69 Å². The quantitative estimate of drug-likeness (QED) is 0.130. The number of hydrogen-bond acceptors (Lipinski definition) is 4. The minimum Gasteiger partial charge on any atom is -0.367 e. The molecule has 0 aliphatic rings. The average molecular weight is 237 g/mol. The average Bonchev–Trinajstić information content (AvgIpc) is 2.28. The van der Waals surface area contributed by atoms with E-state index in [1.54, 1.807) is 24.3 Å². The molecule has 0 aliphatic heterocycles. The van der Waals surface area contributed by atoms with Gasteiger partial charge in [0.2, 0.25) is 5.96 Å². The molecule has 1 rings (SSSR count). The van der Waals surface area contributed by atoms with Gasteiger partial charge in [-0.2, -0.15) is 0 Å². The van der Waals surface area contributed by atoms with Gasteiger partial charge in [-0.1, -0.05) is 0 Å². The van der Waals surface area contributed by atoms with Crippen molar-refractivity contribution in [2.45, 2.75) is 0 Å². The van der Waals surface area contributed by atoms with Crippen molar-refractivity contribution in [2.24, 2.45) is 21.8 Å². The van der Waals surface area contributed by atoms with Crippen molar-refractivity contribution in [1.82, 2.24) is 5.43 Å². The summed E-state index contributed by atoms with van der Waals surface area (Å²) in [5.41, 5.74) is 8.69. The predicted octanol–water partition coefficient (Wildman–Crippen LogP) is 0.824. The van der Waals surface area contributed by atoms with Crippen molar-refractivity contribution < 1.29 is 0 Å². The molecule has 0 saturated heterocycles. The van der Waals surface area contributed by atoms with Gasteiger partial charge < -0.3 is 16.5 Å². The fourth-order valence-electron chi connectivity index (χ4n) is 0.890. The molecule has 0 radical (unpaired) electrons. The molecule has 0 atom stereocenters. The smallest absolute Gasteiger partial charge is 0.232 e. The molecule has 1 aromatic rings. The zero-order valence-electron chi connectivity index (χ0n) is 8.27. The van der Waals surface area contributed by atoms with E-state index in [1.165, 1.54) is 0 Å². The van der Waals surface area contributed by atoms with Crippen LogP contribution in [0.4, 0.5) is 11.4 Å². The van der Waals surface area contributed by atoms with Crippen LogP contribution < -0.4 is 22.3 Å². The highest BCUT2D eigenvalue weighted by Crippen LogP contribution is 2.16. The Hall–Kier alpha value is -2.06. The van der Waals surface area contributed by atoms with Gasteiger partial charge in [0.1, 0.15) is 0 Å². The summed E-state index contributed by atoms with van der Waals surface area (Å²) in [4.78, 5) is 0. The molecule has 0 aliphatic carbocycles. The maximum Gasteiger partial charge on any atom is 0.232 e. The number of rotatable bonds is 2. The molecule has 7 N–H and O–H groups in total. The molecule has 7 nitrogen and oxygen atoms in total. The lowest BCUT2D eigenvalue weighted by Gasteiger charge is -2.05. The maximum atomic E-state index is 6.87. The summed E-state index contributed by atoms with van der Waals surface area (Å²) in [6.07, 6.45) is 0. The minimum atomic E-state index is -0.337. The molecular weight excluding hydrogens is 226 g/mol. The molecule has 1 aromatic carbocycles. The van der Waals surface area contributed by atoms with Crippen LogP contribution >= 0.6 is 12.2 Å². The number of guanidine groups is 1. The van der Waals surface area contributed by atoms with E-state index in [2.05, 4.69) is 21.0 Å². The summed E-state index contributed by atoms with van der Waals surface area (Å²) in [6, 6.07) is 6.90. The van der Waals surface area contributed by atoms with E-state index in [-0.39, 0.29) is 5.96 Å². The van der Waals surface area contributed by atoms with Crippen LogP contribution in [0, 0.1) is 5.41 Å². The standard InChI is InChI=1S/C8H11N7S/c9-7(10)15-14-6-3-1-5(2-4-6)12-8(16)13-11/h1-4H,11H2,(H3,9,10)(H2,12,13,16). The Kier molecular flexibility index (Phi) is 4.30. The van der Waals surface area contributed by atoms with Crippen molar-refractivity contribution >= 4 is 34.7 Å². The summed E-state index contributed by atoms with van der Waals surface area (Å²) in [7, 11) is 0. The number of hydrogen-bond donors (Lipinski definition) is 5. The summed E-state index contributed by atoms with van der Waals surface area (Å²) in [5.74, 6) is 4.77. The number of nitrogens with zero attached hydrogens (tertiary/aromatic N) is 2. The molecule has 16 heavy (non-hydrogen) atoms. The number of hydrazine groups is 1. The van der Waals surface area contributed by atoms with Gasteiger partial charge in [-0.25, -0.2) is 5.84 Å². The molecule has 0 aromatic heterocycles. The van der Waals surface area contributed by atoms with Crippen LogP contribution in [0.25, 0.3) is 0 Å². The number of benzene rings is 1. The summed E-state index contributed by atoms with van der Waals surface area (Å²) < 4.78 is 0. The summed E-state index contributed by atoms with van der Waals surface area (Å²) in [6.45, 7) is 0. The highest BCUT2D eigenvalue weighted by atomic mass is 32.1. The molecule has 84 valence electrons. The highest BCUT2D eigenvalue weighted by molar-refractivity contribution is 7.80. The van der Waals surface area contributed by atoms with Crippen LogP contribution in [-0.2, 0) is 0 Å². The third-order valence-corrected chi connectivity index (χ3v) is 1.75.